The molecule has 0 aliphatic rings. The summed E-state index contributed by atoms with van der Waals surface area (Å²) in [5.74, 6) is 0. The lowest BCUT2D eigenvalue weighted by Crippen LogP contribution is -2.52. The van der Waals surface area contributed by atoms with Crippen LogP contribution in [0.5, 0.6) is 0 Å². The van der Waals surface area contributed by atoms with Gasteiger partial charge in [-0.2, -0.15) is 0 Å². The predicted molar refractivity (Wildman–Crippen MR) is 102 cm³/mol. The number of alkyl halides is 4. The van der Waals surface area contributed by atoms with Gasteiger partial charge in [0.15, 0.2) is 10.6 Å². The summed E-state index contributed by atoms with van der Waals surface area (Å²) in [5.41, 5.74) is 0.360. The second-order valence-corrected chi connectivity index (χ2v) is 8.95. The average molecular weight is 523 g/mol. The summed E-state index contributed by atoms with van der Waals surface area (Å²) in [7, 11) is -2.26. The second-order valence-electron chi connectivity index (χ2n) is 4.38. The van der Waals surface area contributed by atoms with Gasteiger partial charge in [0.05, 0.1) is 5.02 Å². The third kappa shape index (κ3) is 6.08. The van der Waals surface area contributed by atoms with E-state index in [1.54, 1.807) is 12.1 Å². The van der Waals surface area contributed by atoms with Gasteiger partial charge in [-0.25, -0.2) is 4.79 Å². The third-order valence-electron chi connectivity index (χ3n) is 2.68. The number of urea groups is 1. The molecule has 0 aliphatic carbocycles. The lowest BCUT2D eigenvalue weighted by atomic mass is 10.3. The minimum Gasteiger partial charge on any atom is -0.326 e. The fraction of sp³-hybridized carbons (Fsp3) is 0.364. The molecule has 0 heterocycles. The lowest BCUT2D eigenvalue weighted by molar-refractivity contribution is 0.0594. The molecule has 13 heteroatoms. The number of amides is 2. The molecule has 0 radical (unpaired) electrons. The number of halogens is 6. The Morgan fingerprint density at radius 2 is 2.04 bits per heavy atom. The maximum atomic E-state index is 12.3. The van der Waals surface area contributed by atoms with E-state index in [1.165, 1.54) is 13.1 Å². The largest absolute Gasteiger partial charge is 0.326 e. The quantitative estimate of drug-likeness (QED) is 0.303. The minimum absolute atomic E-state index is 0.360. The highest BCUT2D eigenvalue weighted by molar-refractivity contribution is 9.10. The molecule has 24 heavy (non-hydrogen) atoms. The van der Waals surface area contributed by atoms with Crippen LogP contribution in [-0.4, -0.2) is 38.3 Å². The second kappa shape index (κ2) is 9.49. The highest BCUT2D eigenvalue weighted by Gasteiger charge is 2.47. The number of hydrogen-bond donors (Lipinski definition) is 2. The average Bonchev–Trinajstić information content (AvgIpc) is 2.47. The van der Waals surface area contributed by atoms with Gasteiger partial charge < -0.3 is 10.2 Å². The SMILES string of the molecule is CN(C(=O)Nc1ccc(Br)c(Cl)c1)C(O[PH](=O)O)C(Cl)(Cl)C(Cl)Cl. The molecule has 1 rings (SSSR count). The van der Waals surface area contributed by atoms with Crippen molar-refractivity contribution in [1.82, 2.24) is 4.90 Å². The van der Waals surface area contributed by atoms with Gasteiger partial charge in [-0.1, -0.05) is 34.8 Å². The van der Waals surface area contributed by atoms with Gasteiger partial charge in [-0.15, -0.1) is 23.2 Å². The van der Waals surface area contributed by atoms with E-state index in [-0.39, 0.29) is 0 Å². The molecule has 2 unspecified atom stereocenters. The first kappa shape index (κ1) is 22.6. The number of benzene rings is 1. The van der Waals surface area contributed by atoms with Crippen molar-refractivity contribution in [2.45, 2.75) is 15.4 Å². The van der Waals surface area contributed by atoms with Crippen molar-refractivity contribution in [2.75, 3.05) is 12.4 Å². The van der Waals surface area contributed by atoms with Crippen molar-refractivity contribution in [2.24, 2.45) is 0 Å². The van der Waals surface area contributed by atoms with E-state index in [9.17, 15) is 9.36 Å². The van der Waals surface area contributed by atoms with Crippen LogP contribution in [0.15, 0.2) is 22.7 Å². The number of carbonyl (C=O) groups is 1. The predicted octanol–water partition coefficient (Wildman–Crippen LogP) is 5.27. The number of carbonyl (C=O) groups excluding carboxylic acids is 1. The number of rotatable bonds is 6. The number of hydrogen-bond acceptors (Lipinski definition) is 3. The molecule has 136 valence electrons. The molecular weight excluding hydrogens is 512 g/mol. The van der Waals surface area contributed by atoms with E-state index in [1.807, 2.05) is 0 Å². The number of nitrogens with zero attached hydrogens (tertiary/aromatic N) is 1. The van der Waals surface area contributed by atoms with Crippen LogP contribution in [0.3, 0.4) is 0 Å². The molecule has 6 nitrogen and oxygen atoms in total. The molecule has 0 fully saturated rings. The van der Waals surface area contributed by atoms with Crippen molar-refractivity contribution in [3.63, 3.8) is 0 Å². The maximum absolute atomic E-state index is 12.3. The Bertz CT molecular complexity index is 636. The summed E-state index contributed by atoms with van der Waals surface area (Å²) in [6.07, 6.45) is -1.59. The van der Waals surface area contributed by atoms with E-state index in [0.717, 1.165) is 4.90 Å². The molecule has 0 saturated carbocycles. The van der Waals surface area contributed by atoms with Gasteiger partial charge >= 0.3 is 14.3 Å². The first-order valence-corrected chi connectivity index (χ1v) is 10.1. The molecular formula is C11H11BrCl5N2O4P. The zero-order chi connectivity index (χ0) is 18.7. The summed E-state index contributed by atoms with van der Waals surface area (Å²) < 4.78 is 14.3. The van der Waals surface area contributed by atoms with Crippen LogP contribution in [0.2, 0.25) is 5.02 Å². The number of anilines is 1. The van der Waals surface area contributed by atoms with Crippen LogP contribution in [0.1, 0.15) is 0 Å². The summed E-state index contributed by atoms with van der Waals surface area (Å²) in [4.78, 5) is 20.7. The van der Waals surface area contributed by atoms with Gasteiger partial charge in [0, 0.05) is 17.2 Å². The van der Waals surface area contributed by atoms with Crippen LogP contribution in [0, 0.1) is 0 Å². The highest BCUT2D eigenvalue weighted by Crippen LogP contribution is 2.41. The fourth-order valence-electron chi connectivity index (χ4n) is 1.51. The summed E-state index contributed by atoms with van der Waals surface area (Å²) >= 11 is 32.4. The monoisotopic (exact) mass is 520 g/mol. The van der Waals surface area contributed by atoms with Gasteiger partial charge in [-0.3, -0.25) is 14.0 Å². The first-order chi connectivity index (χ1) is 11.0. The molecule has 0 saturated heterocycles. The Balaban J connectivity index is 3.00. The van der Waals surface area contributed by atoms with Crippen molar-refractivity contribution in [3.05, 3.63) is 27.7 Å². The Hall–Kier alpha value is 0.570. The smallest absolute Gasteiger partial charge is 0.323 e. The van der Waals surface area contributed by atoms with Gasteiger partial charge in [-0.05, 0) is 34.1 Å². The standard InChI is InChI=1S/C11H11BrCl5N2O4P/c1-19(9(23-24(21)22)11(16,17)8(14)15)10(20)18-5-2-3-6(12)7(13)4-5/h2-4,8-9,24H,1H3,(H,18,20)(H,21,22). The van der Waals surface area contributed by atoms with Crippen molar-refractivity contribution in [1.29, 1.82) is 0 Å². The van der Waals surface area contributed by atoms with Crippen LogP contribution in [0.4, 0.5) is 10.5 Å². The normalized spacial score (nSPS) is 14.4. The molecule has 2 atom stereocenters. The van der Waals surface area contributed by atoms with Crippen molar-refractivity contribution >= 4 is 93.9 Å². The van der Waals surface area contributed by atoms with Crippen LogP contribution in [-0.2, 0) is 9.09 Å². The first-order valence-electron chi connectivity index (χ1n) is 6.01. The number of nitrogens with one attached hydrogen (secondary N) is 1. The summed E-state index contributed by atoms with van der Waals surface area (Å²) in [6, 6.07) is 3.94. The zero-order valence-corrected chi connectivity index (χ0v) is 18.1. The van der Waals surface area contributed by atoms with Crippen LogP contribution in [0.25, 0.3) is 0 Å². The van der Waals surface area contributed by atoms with E-state index < -0.39 is 29.7 Å². The van der Waals surface area contributed by atoms with Crippen LogP contribution < -0.4 is 5.32 Å². The van der Waals surface area contributed by atoms with Crippen molar-refractivity contribution in [3.8, 4) is 0 Å². The topological polar surface area (TPSA) is 78.9 Å². The molecule has 0 aromatic heterocycles. The molecule has 0 spiro atoms. The lowest BCUT2D eigenvalue weighted by Gasteiger charge is -2.36. The molecule has 0 bridgehead atoms. The van der Waals surface area contributed by atoms with E-state index in [4.69, 9.17) is 67.4 Å². The Morgan fingerprint density at radius 3 is 2.50 bits per heavy atom. The Labute approximate surface area is 172 Å². The third-order valence-corrected chi connectivity index (χ3v) is 6.28. The summed E-state index contributed by atoms with van der Waals surface area (Å²) in [6.45, 7) is 0. The molecule has 1 aromatic carbocycles. The zero-order valence-electron chi connectivity index (χ0n) is 11.8. The fourth-order valence-corrected chi connectivity index (χ4v) is 3.22. The maximum Gasteiger partial charge on any atom is 0.323 e. The Morgan fingerprint density at radius 1 is 1.46 bits per heavy atom. The van der Waals surface area contributed by atoms with Gasteiger partial charge in [0.2, 0.25) is 0 Å². The van der Waals surface area contributed by atoms with Crippen molar-refractivity contribution < 1.29 is 18.8 Å². The van der Waals surface area contributed by atoms with Crippen LogP contribution >= 0.6 is 82.2 Å². The van der Waals surface area contributed by atoms with E-state index >= 15 is 0 Å². The summed E-state index contributed by atoms with van der Waals surface area (Å²) in [5, 5.41) is 2.87. The highest BCUT2D eigenvalue weighted by atomic mass is 79.9. The molecule has 2 N–H and O–H groups in total. The molecule has 0 aliphatic heterocycles. The Kier molecular flexibility index (Phi) is 8.94. The molecule has 2 amide bonds. The van der Waals surface area contributed by atoms with E-state index in [2.05, 4.69) is 21.2 Å². The molecule has 1 aromatic rings. The van der Waals surface area contributed by atoms with E-state index in [0.29, 0.717) is 15.2 Å². The minimum atomic E-state index is -3.50. The van der Waals surface area contributed by atoms with Gasteiger partial charge in [0.1, 0.15) is 4.84 Å². The van der Waals surface area contributed by atoms with Gasteiger partial charge in [0.25, 0.3) is 0 Å².